The minimum absolute atomic E-state index is 0.0270. The zero-order chi connectivity index (χ0) is 14.7. The summed E-state index contributed by atoms with van der Waals surface area (Å²) >= 11 is 1.60. The summed E-state index contributed by atoms with van der Waals surface area (Å²) in [5.74, 6) is 0.693. The first-order chi connectivity index (χ1) is 10.3. The number of carbonyl (C=O) groups excluding carboxylic acids is 1. The average Bonchev–Trinajstić information content (AvgIpc) is 2.96. The maximum Gasteiger partial charge on any atom is 0.198 e. The first kappa shape index (κ1) is 13.8. The summed E-state index contributed by atoms with van der Waals surface area (Å²) in [5, 5.41) is 2.95. The lowest BCUT2D eigenvalue weighted by atomic mass is 10.0. The van der Waals surface area contributed by atoms with Gasteiger partial charge in [-0.25, -0.2) is 0 Å². The molecule has 0 radical (unpaired) electrons. The second-order valence-electron chi connectivity index (χ2n) is 4.82. The molecule has 0 saturated heterocycles. The van der Waals surface area contributed by atoms with Crippen LogP contribution in [-0.4, -0.2) is 12.4 Å². The van der Waals surface area contributed by atoms with Gasteiger partial charge in [-0.15, -0.1) is 11.3 Å². The topological polar surface area (TPSA) is 26.3 Å². The Kier molecular flexibility index (Phi) is 4.02. The first-order valence-electron chi connectivity index (χ1n) is 7.04. The van der Waals surface area contributed by atoms with E-state index in [2.05, 4.69) is 6.92 Å². The lowest BCUT2D eigenvalue weighted by Gasteiger charge is -2.09. The second kappa shape index (κ2) is 6.10. The molecule has 0 aliphatic rings. The molecule has 3 aromatic rings. The van der Waals surface area contributed by atoms with E-state index in [1.165, 1.54) is 0 Å². The third-order valence-electron chi connectivity index (χ3n) is 3.32. The summed E-state index contributed by atoms with van der Waals surface area (Å²) in [4.78, 5) is 12.8. The van der Waals surface area contributed by atoms with Crippen molar-refractivity contribution in [2.75, 3.05) is 6.61 Å². The van der Waals surface area contributed by atoms with E-state index in [0.29, 0.717) is 17.9 Å². The van der Waals surface area contributed by atoms with Crippen molar-refractivity contribution in [1.82, 2.24) is 0 Å². The van der Waals surface area contributed by atoms with Crippen molar-refractivity contribution >= 4 is 27.2 Å². The van der Waals surface area contributed by atoms with Gasteiger partial charge in [0.05, 0.1) is 12.2 Å². The van der Waals surface area contributed by atoms with Crippen LogP contribution in [0.2, 0.25) is 0 Å². The summed E-state index contributed by atoms with van der Waals surface area (Å²) in [6.45, 7) is 2.67. The Morgan fingerprint density at radius 3 is 2.67 bits per heavy atom. The van der Waals surface area contributed by atoms with E-state index in [9.17, 15) is 4.79 Å². The van der Waals surface area contributed by atoms with Gasteiger partial charge >= 0.3 is 0 Å². The highest BCUT2D eigenvalue weighted by atomic mass is 32.1. The van der Waals surface area contributed by atoms with Crippen LogP contribution in [0.4, 0.5) is 0 Å². The summed E-state index contributed by atoms with van der Waals surface area (Å²) in [6, 6.07) is 15.5. The molecular weight excluding hydrogens is 280 g/mol. The highest BCUT2D eigenvalue weighted by Crippen LogP contribution is 2.30. The van der Waals surface area contributed by atoms with Crippen molar-refractivity contribution in [3.63, 3.8) is 0 Å². The third kappa shape index (κ3) is 2.69. The van der Waals surface area contributed by atoms with Crippen LogP contribution in [0, 0.1) is 0 Å². The number of rotatable bonds is 5. The van der Waals surface area contributed by atoms with Crippen molar-refractivity contribution in [3.05, 3.63) is 65.0 Å². The van der Waals surface area contributed by atoms with Gasteiger partial charge in [0.1, 0.15) is 5.75 Å². The SMILES string of the molecule is CCCOc1ccccc1C(=O)c1csc2ccccc12. The molecule has 0 saturated carbocycles. The van der Waals surface area contributed by atoms with Crippen LogP contribution in [-0.2, 0) is 0 Å². The molecule has 0 aliphatic heterocycles. The summed E-state index contributed by atoms with van der Waals surface area (Å²) in [5.41, 5.74) is 1.39. The van der Waals surface area contributed by atoms with E-state index in [0.717, 1.165) is 22.1 Å². The number of ketones is 1. The van der Waals surface area contributed by atoms with Crippen LogP contribution in [0.25, 0.3) is 10.1 Å². The van der Waals surface area contributed by atoms with Crippen molar-refractivity contribution in [2.24, 2.45) is 0 Å². The number of benzene rings is 2. The molecule has 3 rings (SSSR count). The highest BCUT2D eigenvalue weighted by Gasteiger charge is 2.17. The summed E-state index contributed by atoms with van der Waals surface area (Å²) in [7, 11) is 0. The maximum absolute atomic E-state index is 12.8. The van der Waals surface area contributed by atoms with Gasteiger partial charge in [0.25, 0.3) is 0 Å². The van der Waals surface area contributed by atoms with Crippen molar-refractivity contribution in [3.8, 4) is 5.75 Å². The third-order valence-corrected chi connectivity index (χ3v) is 4.28. The fourth-order valence-electron chi connectivity index (χ4n) is 2.29. The molecule has 0 unspecified atom stereocenters. The van der Waals surface area contributed by atoms with Crippen LogP contribution in [0.5, 0.6) is 5.75 Å². The molecular formula is C18H16O2S. The monoisotopic (exact) mass is 296 g/mol. The molecule has 0 bridgehead atoms. The van der Waals surface area contributed by atoms with E-state index in [1.54, 1.807) is 11.3 Å². The Morgan fingerprint density at radius 2 is 1.81 bits per heavy atom. The molecule has 3 heteroatoms. The molecule has 0 N–H and O–H groups in total. The van der Waals surface area contributed by atoms with Gasteiger partial charge in [0, 0.05) is 21.0 Å². The van der Waals surface area contributed by atoms with Crippen LogP contribution >= 0.6 is 11.3 Å². The van der Waals surface area contributed by atoms with Gasteiger partial charge in [0.15, 0.2) is 5.78 Å². The fourth-order valence-corrected chi connectivity index (χ4v) is 3.23. The molecule has 2 aromatic carbocycles. The normalized spacial score (nSPS) is 10.7. The summed E-state index contributed by atoms with van der Waals surface area (Å²) < 4.78 is 6.83. The fraction of sp³-hybridized carbons (Fsp3) is 0.167. The molecule has 1 heterocycles. The minimum atomic E-state index is 0.0270. The molecule has 1 aromatic heterocycles. The Morgan fingerprint density at radius 1 is 1.05 bits per heavy atom. The number of para-hydroxylation sites is 1. The van der Waals surface area contributed by atoms with Crippen LogP contribution in [0.1, 0.15) is 29.3 Å². The molecule has 106 valence electrons. The van der Waals surface area contributed by atoms with Crippen LogP contribution < -0.4 is 4.74 Å². The summed E-state index contributed by atoms with van der Waals surface area (Å²) in [6.07, 6.45) is 0.921. The number of hydrogen-bond acceptors (Lipinski definition) is 3. The molecule has 0 spiro atoms. The van der Waals surface area contributed by atoms with E-state index in [-0.39, 0.29) is 5.78 Å². The van der Waals surface area contributed by atoms with Gasteiger partial charge in [-0.05, 0) is 24.6 Å². The second-order valence-corrected chi connectivity index (χ2v) is 5.73. The number of ether oxygens (including phenoxy) is 1. The highest BCUT2D eigenvalue weighted by molar-refractivity contribution is 7.17. The van der Waals surface area contributed by atoms with Crippen molar-refractivity contribution < 1.29 is 9.53 Å². The standard InChI is InChI=1S/C18H16O2S/c1-2-11-20-16-9-5-3-8-14(16)18(19)15-12-21-17-10-6-4-7-13(15)17/h3-10,12H,2,11H2,1H3. The van der Waals surface area contributed by atoms with Gasteiger partial charge in [-0.3, -0.25) is 4.79 Å². The maximum atomic E-state index is 12.8. The zero-order valence-corrected chi connectivity index (χ0v) is 12.7. The Labute approximate surface area is 128 Å². The number of hydrogen-bond donors (Lipinski definition) is 0. The van der Waals surface area contributed by atoms with Gasteiger partial charge < -0.3 is 4.74 Å². The Hall–Kier alpha value is -2.13. The van der Waals surface area contributed by atoms with Crippen LogP contribution in [0.15, 0.2) is 53.9 Å². The lowest BCUT2D eigenvalue weighted by molar-refractivity contribution is 0.103. The molecule has 2 nitrogen and oxygen atoms in total. The molecule has 0 aliphatic carbocycles. The number of thiophene rings is 1. The molecule has 21 heavy (non-hydrogen) atoms. The van der Waals surface area contributed by atoms with Gasteiger partial charge in [0.2, 0.25) is 0 Å². The van der Waals surface area contributed by atoms with Gasteiger partial charge in [-0.2, -0.15) is 0 Å². The largest absolute Gasteiger partial charge is 0.493 e. The van der Waals surface area contributed by atoms with E-state index >= 15 is 0 Å². The van der Waals surface area contributed by atoms with E-state index in [4.69, 9.17) is 4.74 Å². The Balaban J connectivity index is 2.02. The quantitative estimate of drug-likeness (QED) is 0.625. The van der Waals surface area contributed by atoms with E-state index < -0.39 is 0 Å². The number of fused-ring (bicyclic) bond motifs is 1. The predicted octanol–water partition coefficient (Wildman–Crippen LogP) is 4.92. The van der Waals surface area contributed by atoms with Crippen LogP contribution in [0.3, 0.4) is 0 Å². The predicted molar refractivity (Wildman–Crippen MR) is 87.5 cm³/mol. The first-order valence-corrected chi connectivity index (χ1v) is 7.92. The van der Waals surface area contributed by atoms with Gasteiger partial charge in [-0.1, -0.05) is 37.3 Å². The Bertz CT molecular complexity index is 773. The lowest BCUT2D eigenvalue weighted by Crippen LogP contribution is -2.05. The molecule has 0 amide bonds. The molecule has 0 fully saturated rings. The smallest absolute Gasteiger partial charge is 0.198 e. The average molecular weight is 296 g/mol. The van der Waals surface area contributed by atoms with E-state index in [1.807, 2.05) is 53.9 Å². The number of carbonyl (C=O) groups is 1. The van der Waals surface area contributed by atoms with Crippen molar-refractivity contribution in [2.45, 2.75) is 13.3 Å². The minimum Gasteiger partial charge on any atom is -0.493 e. The zero-order valence-electron chi connectivity index (χ0n) is 11.8. The van der Waals surface area contributed by atoms with Crippen molar-refractivity contribution in [1.29, 1.82) is 0 Å². The molecule has 0 atom stereocenters.